The molecular formula is C7H15Cl2NO2. The summed E-state index contributed by atoms with van der Waals surface area (Å²) < 4.78 is 5.13. The Kier molecular flexibility index (Phi) is 9.26. The van der Waals surface area contributed by atoms with E-state index >= 15 is 0 Å². The van der Waals surface area contributed by atoms with E-state index in [9.17, 15) is 4.79 Å². The summed E-state index contributed by atoms with van der Waals surface area (Å²) in [6.45, 7) is 1.58. The summed E-state index contributed by atoms with van der Waals surface area (Å²) in [6.07, 6.45) is 2.51. The van der Waals surface area contributed by atoms with Gasteiger partial charge in [0.05, 0.1) is 0 Å². The fraction of sp³-hybridized carbons (Fsp3) is 0.857. The number of ether oxygens (including phenoxy) is 1. The molecule has 1 aliphatic rings. The van der Waals surface area contributed by atoms with Gasteiger partial charge in [-0.25, -0.2) is 0 Å². The number of carbonyl (C=O) groups excluding carboxylic acids is 1. The highest BCUT2D eigenvalue weighted by atomic mass is 35.5. The van der Waals surface area contributed by atoms with Gasteiger partial charge in [0, 0.05) is 19.6 Å². The van der Waals surface area contributed by atoms with Crippen LogP contribution < -0.4 is 5.73 Å². The van der Waals surface area contributed by atoms with Crippen molar-refractivity contribution in [3.05, 3.63) is 0 Å². The molecule has 5 heteroatoms. The van der Waals surface area contributed by atoms with Gasteiger partial charge in [-0.15, -0.1) is 24.8 Å². The van der Waals surface area contributed by atoms with Gasteiger partial charge < -0.3 is 10.5 Å². The molecule has 2 N–H and O–H groups in total. The average molecular weight is 216 g/mol. The molecule has 1 saturated heterocycles. The first-order valence-electron chi connectivity index (χ1n) is 3.65. The van der Waals surface area contributed by atoms with E-state index in [2.05, 4.69) is 0 Å². The van der Waals surface area contributed by atoms with E-state index in [4.69, 9.17) is 10.5 Å². The van der Waals surface area contributed by atoms with Crippen LogP contribution in [0.3, 0.4) is 0 Å². The minimum absolute atomic E-state index is 0. The predicted molar refractivity (Wildman–Crippen MR) is 51.9 cm³/mol. The Bertz CT molecular complexity index is 127. The van der Waals surface area contributed by atoms with Gasteiger partial charge in [0.15, 0.2) is 0 Å². The number of nitrogens with two attached hydrogens (primary N) is 1. The lowest BCUT2D eigenvalue weighted by atomic mass is 9.96. The Morgan fingerprint density at radius 1 is 1.33 bits per heavy atom. The van der Waals surface area contributed by atoms with Gasteiger partial charge in [0.2, 0.25) is 5.91 Å². The first-order valence-corrected chi connectivity index (χ1v) is 3.65. The van der Waals surface area contributed by atoms with E-state index in [0.29, 0.717) is 12.3 Å². The van der Waals surface area contributed by atoms with Crippen LogP contribution in [-0.4, -0.2) is 19.1 Å². The van der Waals surface area contributed by atoms with Crippen LogP contribution in [-0.2, 0) is 9.53 Å². The normalized spacial score (nSPS) is 17.3. The van der Waals surface area contributed by atoms with Gasteiger partial charge in [-0.2, -0.15) is 0 Å². The smallest absolute Gasteiger partial charge is 0.217 e. The Hall–Kier alpha value is 0.01000. The van der Waals surface area contributed by atoms with Crippen molar-refractivity contribution in [1.82, 2.24) is 0 Å². The van der Waals surface area contributed by atoms with Crippen LogP contribution in [0.1, 0.15) is 19.3 Å². The largest absolute Gasteiger partial charge is 0.381 e. The molecule has 0 aromatic heterocycles. The van der Waals surface area contributed by atoms with Crippen molar-refractivity contribution < 1.29 is 9.53 Å². The molecular weight excluding hydrogens is 201 g/mol. The summed E-state index contributed by atoms with van der Waals surface area (Å²) >= 11 is 0. The Balaban J connectivity index is 0. The van der Waals surface area contributed by atoms with Crippen LogP contribution in [0.2, 0.25) is 0 Å². The molecule has 3 nitrogen and oxygen atoms in total. The van der Waals surface area contributed by atoms with Crippen LogP contribution in [0.5, 0.6) is 0 Å². The maximum Gasteiger partial charge on any atom is 0.217 e. The van der Waals surface area contributed by atoms with Crippen molar-refractivity contribution in [1.29, 1.82) is 0 Å². The SMILES string of the molecule is Cl.Cl.NC(=O)CC1CCOCC1. The third kappa shape index (κ3) is 5.63. The van der Waals surface area contributed by atoms with Gasteiger partial charge in [0.1, 0.15) is 0 Å². The van der Waals surface area contributed by atoms with E-state index in [1.165, 1.54) is 0 Å². The van der Waals surface area contributed by atoms with Gasteiger partial charge in [-0.1, -0.05) is 0 Å². The lowest BCUT2D eigenvalue weighted by molar-refractivity contribution is -0.119. The Morgan fingerprint density at radius 3 is 2.25 bits per heavy atom. The van der Waals surface area contributed by atoms with Crippen LogP contribution >= 0.6 is 24.8 Å². The van der Waals surface area contributed by atoms with Crippen molar-refractivity contribution >= 4 is 30.7 Å². The maximum absolute atomic E-state index is 10.4. The summed E-state index contributed by atoms with van der Waals surface area (Å²) in [4.78, 5) is 10.4. The number of rotatable bonds is 2. The molecule has 1 heterocycles. The van der Waals surface area contributed by atoms with Gasteiger partial charge in [0.25, 0.3) is 0 Å². The van der Waals surface area contributed by atoms with Crippen molar-refractivity contribution in [2.24, 2.45) is 11.7 Å². The minimum Gasteiger partial charge on any atom is -0.381 e. The molecule has 1 rings (SSSR count). The van der Waals surface area contributed by atoms with Gasteiger partial charge >= 0.3 is 0 Å². The van der Waals surface area contributed by atoms with E-state index in [-0.39, 0.29) is 30.7 Å². The Labute approximate surface area is 84.8 Å². The number of amides is 1. The third-order valence-corrected chi connectivity index (χ3v) is 1.83. The zero-order valence-electron chi connectivity index (χ0n) is 6.82. The standard InChI is InChI=1S/C7H13NO2.2ClH/c8-7(9)5-6-1-3-10-4-2-6;;/h6H,1-5H2,(H2,8,9);2*1H. The lowest BCUT2D eigenvalue weighted by Gasteiger charge is -2.20. The molecule has 0 aromatic rings. The summed E-state index contributed by atoms with van der Waals surface area (Å²) in [5.74, 6) is 0.290. The molecule has 0 unspecified atom stereocenters. The minimum atomic E-state index is -0.188. The molecule has 1 aliphatic heterocycles. The second kappa shape index (κ2) is 7.65. The monoisotopic (exact) mass is 215 g/mol. The number of hydrogen-bond acceptors (Lipinski definition) is 2. The highest BCUT2D eigenvalue weighted by Crippen LogP contribution is 2.17. The average Bonchev–Trinajstić information content (AvgIpc) is 1.88. The summed E-state index contributed by atoms with van der Waals surface area (Å²) in [6, 6.07) is 0. The first-order chi connectivity index (χ1) is 4.79. The second-order valence-electron chi connectivity index (χ2n) is 2.73. The second-order valence-corrected chi connectivity index (χ2v) is 2.73. The molecule has 0 atom stereocenters. The number of primary amides is 1. The Morgan fingerprint density at radius 2 is 1.83 bits per heavy atom. The molecule has 0 aromatic carbocycles. The quantitative estimate of drug-likeness (QED) is 0.752. The molecule has 74 valence electrons. The number of carbonyl (C=O) groups is 1. The fourth-order valence-electron chi connectivity index (χ4n) is 1.24. The van der Waals surface area contributed by atoms with Gasteiger partial charge in [-0.3, -0.25) is 4.79 Å². The molecule has 1 amide bonds. The molecule has 0 radical (unpaired) electrons. The summed E-state index contributed by atoms with van der Waals surface area (Å²) in [7, 11) is 0. The van der Waals surface area contributed by atoms with Crippen molar-refractivity contribution in [2.45, 2.75) is 19.3 Å². The van der Waals surface area contributed by atoms with Crippen LogP contribution in [0.15, 0.2) is 0 Å². The van der Waals surface area contributed by atoms with E-state index in [1.54, 1.807) is 0 Å². The molecule has 0 spiro atoms. The van der Waals surface area contributed by atoms with E-state index < -0.39 is 0 Å². The molecule has 0 bridgehead atoms. The number of halogens is 2. The first kappa shape index (κ1) is 14.5. The van der Waals surface area contributed by atoms with E-state index in [1.807, 2.05) is 0 Å². The fourth-order valence-corrected chi connectivity index (χ4v) is 1.24. The zero-order valence-corrected chi connectivity index (χ0v) is 8.46. The maximum atomic E-state index is 10.4. The highest BCUT2D eigenvalue weighted by Gasteiger charge is 2.15. The number of hydrogen-bond donors (Lipinski definition) is 1. The van der Waals surface area contributed by atoms with Crippen LogP contribution in [0.4, 0.5) is 0 Å². The third-order valence-electron chi connectivity index (χ3n) is 1.83. The summed E-state index contributed by atoms with van der Waals surface area (Å²) in [5, 5.41) is 0. The molecule has 0 aliphatic carbocycles. The van der Waals surface area contributed by atoms with Crippen molar-refractivity contribution in [2.75, 3.05) is 13.2 Å². The van der Waals surface area contributed by atoms with Gasteiger partial charge in [-0.05, 0) is 18.8 Å². The van der Waals surface area contributed by atoms with E-state index in [0.717, 1.165) is 26.1 Å². The zero-order chi connectivity index (χ0) is 7.40. The van der Waals surface area contributed by atoms with Crippen LogP contribution in [0, 0.1) is 5.92 Å². The lowest BCUT2D eigenvalue weighted by Crippen LogP contribution is -2.22. The van der Waals surface area contributed by atoms with Crippen molar-refractivity contribution in [3.8, 4) is 0 Å². The highest BCUT2D eigenvalue weighted by molar-refractivity contribution is 5.85. The molecule has 12 heavy (non-hydrogen) atoms. The van der Waals surface area contributed by atoms with Crippen LogP contribution in [0.25, 0.3) is 0 Å². The summed E-state index contributed by atoms with van der Waals surface area (Å²) in [5.41, 5.74) is 5.04. The predicted octanol–water partition coefficient (Wildman–Crippen LogP) is 1.13. The topological polar surface area (TPSA) is 52.3 Å². The molecule has 0 saturated carbocycles. The molecule has 1 fully saturated rings. The van der Waals surface area contributed by atoms with Crippen molar-refractivity contribution in [3.63, 3.8) is 0 Å².